The van der Waals surface area contributed by atoms with Crippen molar-refractivity contribution in [3.05, 3.63) is 24.5 Å². The smallest absolute Gasteiger partial charge is 0.277 e. The lowest BCUT2D eigenvalue weighted by Gasteiger charge is -2.25. The van der Waals surface area contributed by atoms with Crippen LogP contribution < -0.4 is 0 Å². The van der Waals surface area contributed by atoms with E-state index < -0.39 is 15.1 Å². The Morgan fingerprint density at radius 2 is 2.24 bits per heavy atom. The third kappa shape index (κ3) is 4.18. The maximum absolute atomic E-state index is 12.5. The number of aromatic nitrogens is 3. The number of amides is 1. The summed E-state index contributed by atoms with van der Waals surface area (Å²) in [5.74, 6) is 0.339. The second kappa shape index (κ2) is 7.12. The van der Waals surface area contributed by atoms with Gasteiger partial charge in [-0.15, -0.1) is 10.2 Å². The molecule has 3 heterocycles. The van der Waals surface area contributed by atoms with Gasteiger partial charge in [-0.25, -0.2) is 8.42 Å². The third-order valence-electron chi connectivity index (χ3n) is 4.04. The highest BCUT2D eigenvalue weighted by atomic mass is 32.2. The highest BCUT2D eigenvalue weighted by Crippen LogP contribution is 2.27. The van der Waals surface area contributed by atoms with E-state index in [1.54, 1.807) is 38.5 Å². The fraction of sp³-hybridized carbons (Fsp3) is 0.467. The lowest BCUT2D eigenvalue weighted by atomic mass is 10.2. The summed E-state index contributed by atoms with van der Waals surface area (Å²) < 4.78 is 28.7. The molecule has 1 aliphatic heterocycles. The Hall–Kier alpha value is -1.94. The minimum Gasteiger partial charge on any atom is -0.411 e. The van der Waals surface area contributed by atoms with E-state index in [-0.39, 0.29) is 28.7 Å². The van der Waals surface area contributed by atoms with E-state index in [2.05, 4.69) is 15.2 Å². The summed E-state index contributed by atoms with van der Waals surface area (Å²) >= 11 is 1.15. The van der Waals surface area contributed by atoms with Crippen molar-refractivity contribution in [1.29, 1.82) is 0 Å². The van der Waals surface area contributed by atoms with Crippen LogP contribution in [0.4, 0.5) is 0 Å². The van der Waals surface area contributed by atoms with Crippen molar-refractivity contribution in [2.45, 2.75) is 29.9 Å². The van der Waals surface area contributed by atoms with Gasteiger partial charge in [-0.3, -0.25) is 9.78 Å². The van der Waals surface area contributed by atoms with Crippen molar-refractivity contribution < 1.29 is 17.6 Å². The third-order valence-corrected chi connectivity index (χ3v) is 6.72. The van der Waals surface area contributed by atoms with Crippen molar-refractivity contribution in [3.63, 3.8) is 0 Å². The summed E-state index contributed by atoms with van der Waals surface area (Å²) in [6.45, 7) is 1.74. The van der Waals surface area contributed by atoms with Crippen LogP contribution in [-0.4, -0.2) is 64.3 Å². The predicted molar refractivity (Wildman–Crippen MR) is 92.7 cm³/mol. The van der Waals surface area contributed by atoms with Gasteiger partial charge < -0.3 is 9.32 Å². The van der Waals surface area contributed by atoms with Gasteiger partial charge in [0.25, 0.3) is 5.22 Å². The second-order valence-electron chi connectivity index (χ2n) is 5.88. The minimum absolute atomic E-state index is 0.0261. The molecule has 25 heavy (non-hydrogen) atoms. The molecule has 2 aromatic heterocycles. The molecule has 134 valence electrons. The summed E-state index contributed by atoms with van der Waals surface area (Å²) in [7, 11) is -1.39. The Balaban J connectivity index is 1.63. The van der Waals surface area contributed by atoms with E-state index in [9.17, 15) is 13.2 Å². The van der Waals surface area contributed by atoms with Crippen LogP contribution in [0.15, 0.2) is 34.2 Å². The van der Waals surface area contributed by atoms with Crippen LogP contribution in [0.2, 0.25) is 0 Å². The first-order chi connectivity index (χ1) is 11.9. The largest absolute Gasteiger partial charge is 0.411 e. The molecule has 0 spiro atoms. The summed E-state index contributed by atoms with van der Waals surface area (Å²) in [5, 5.41) is 7.73. The Kier molecular flexibility index (Phi) is 5.09. The number of carbonyl (C=O) groups excluding carboxylic acids is 1. The first kappa shape index (κ1) is 17.9. The molecule has 1 saturated heterocycles. The topological polar surface area (TPSA) is 106 Å². The molecule has 0 unspecified atom stereocenters. The SMILES string of the molecule is C[C@@H](Sc1nnc(-c2cccnc2)o1)C(=O)N(C)[C@H]1CCS(=O)(=O)C1. The van der Waals surface area contributed by atoms with Gasteiger partial charge in [0.05, 0.1) is 22.3 Å². The Morgan fingerprint density at radius 1 is 1.44 bits per heavy atom. The molecule has 2 aromatic rings. The molecule has 1 fully saturated rings. The Labute approximate surface area is 149 Å². The molecule has 1 aliphatic rings. The number of nitrogens with zero attached hydrogens (tertiary/aromatic N) is 4. The average Bonchev–Trinajstić information content (AvgIpc) is 3.20. The molecule has 8 nitrogen and oxygen atoms in total. The number of thioether (sulfide) groups is 1. The lowest BCUT2D eigenvalue weighted by Crippen LogP contribution is -2.41. The predicted octanol–water partition coefficient (Wildman–Crippen LogP) is 1.26. The van der Waals surface area contributed by atoms with Gasteiger partial charge >= 0.3 is 0 Å². The molecule has 0 saturated carbocycles. The zero-order valence-corrected chi connectivity index (χ0v) is 15.5. The molecule has 0 aliphatic carbocycles. The molecule has 0 N–H and O–H groups in total. The number of rotatable bonds is 5. The normalized spacial score (nSPS) is 20.3. The van der Waals surface area contributed by atoms with Gasteiger partial charge in [0, 0.05) is 25.5 Å². The summed E-state index contributed by atoms with van der Waals surface area (Å²) in [6, 6.07) is 3.30. The van der Waals surface area contributed by atoms with Crippen LogP contribution in [0.25, 0.3) is 11.5 Å². The minimum atomic E-state index is -3.03. The zero-order chi connectivity index (χ0) is 18.0. The van der Waals surface area contributed by atoms with Crippen molar-refractivity contribution in [3.8, 4) is 11.5 Å². The standard InChI is InChI=1S/C15H18N4O4S2/c1-10(14(20)19(2)12-5-7-25(21,22)9-12)24-15-18-17-13(23-15)11-4-3-6-16-8-11/h3-4,6,8,10,12H,5,7,9H2,1-2H3/t10-,12+/m1/s1. The van der Waals surface area contributed by atoms with Crippen LogP contribution in [0, 0.1) is 0 Å². The fourth-order valence-electron chi connectivity index (χ4n) is 2.61. The summed E-state index contributed by atoms with van der Waals surface area (Å²) in [6.07, 6.45) is 3.74. The molecular formula is C15H18N4O4S2. The second-order valence-corrected chi connectivity index (χ2v) is 9.40. The molecule has 1 amide bonds. The van der Waals surface area contributed by atoms with Crippen LogP contribution >= 0.6 is 11.8 Å². The van der Waals surface area contributed by atoms with Crippen molar-refractivity contribution in [1.82, 2.24) is 20.1 Å². The van der Waals surface area contributed by atoms with Crippen molar-refractivity contribution in [2.24, 2.45) is 0 Å². The van der Waals surface area contributed by atoms with Crippen molar-refractivity contribution >= 4 is 27.5 Å². The van der Waals surface area contributed by atoms with Gasteiger partial charge in [-0.1, -0.05) is 11.8 Å². The quantitative estimate of drug-likeness (QED) is 0.712. The maximum Gasteiger partial charge on any atom is 0.277 e. The van der Waals surface area contributed by atoms with Gasteiger partial charge in [0.15, 0.2) is 9.84 Å². The van der Waals surface area contributed by atoms with E-state index in [1.807, 2.05) is 0 Å². The Morgan fingerprint density at radius 3 is 2.88 bits per heavy atom. The van der Waals surface area contributed by atoms with Crippen LogP contribution in [0.1, 0.15) is 13.3 Å². The molecule has 0 bridgehead atoms. The molecule has 3 rings (SSSR count). The van der Waals surface area contributed by atoms with Gasteiger partial charge in [0.2, 0.25) is 11.8 Å². The van der Waals surface area contributed by atoms with Gasteiger partial charge in [-0.05, 0) is 25.5 Å². The monoisotopic (exact) mass is 382 g/mol. The van der Waals surface area contributed by atoms with Gasteiger partial charge in [0.1, 0.15) is 0 Å². The molecule has 0 radical (unpaired) electrons. The van der Waals surface area contributed by atoms with Crippen LogP contribution in [-0.2, 0) is 14.6 Å². The molecule has 2 atom stereocenters. The van der Waals surface area contributed by atoms with E-state index in [0.717, 1.165) is 11.8 Å². The van der Waals surface area contributed by atoms with E-state index >= 15 is 0 Å². The van der Waals surface area contributed by atoms with E-state index in [4.69, 9.17) is 4.42 Å². The number of hydrogen-bond donors (Lipinski definition) is 0. The molecule has 0 aromatic carbocycles. The zero-order valence-electron chi connectivity index (χ0n) is 13.8. The highest BCUT2D eigenvalue weighted by Gasteiger charge is 2.34. The first-order valence-corrected chi connectivity index (χ1v) is 10.4. The van der Waals surface area contributed by atoms with Gasteiger partial charge in [-0.2, -0.15) is 0 Å². The Bertz CT molecular complexity index is 853. The van der Waals surface area contributed by atoms with E-state index in [0.29, 0.717) is 17.9 Å². The first-order valence-electron chi connectivity index (χ1n) is 7.73. The number of pyridine rings is 1. The van der Waals surface area contributed by atoms with Crippen LogP contribution in [0.5, 0.6) is 0 Å². The summed E-state index contributed by atoms with van der Waals surface area (Å²) in [4.78, 5) is 18.0. The lowest BCUT2D eigenvalue weighted by molar-refractivity contribution is -0.130. The van der Waals surface area contributed by atoms with E-state index in [1.165, 1.54) is 4.90 Å². The molecule has 10 heteroatoms. The number of hydrogen-bond acceptors (Lipinski definition) is 8. The number of sulfone groups is 1. The molecular weight excluding hydrogens is 364 g/mol. The average molecular weight is 382 g/mol. The number of carbonyl (C=O) groups is 1. The maximum atomic E-state index is 12.5. The fourth-order valence-corrected chi connectivity index (χ4v) is 5.17. The van der Waals surface area contributed by atoms with Crippen LogP contribution in [0.3, 0.4) is 0 Å². The summed E-state index contributed by atoms with van der Waals surface area (Å²) in [5.41, 5.74) is 0.703. The van der Waals surface area contributed by atoms with Crippen molar-refractivity contribution in [2.75, 3.05) is 18.6 Å². The highest BCUT2D eigenvalue weighted by molar-refractivity contribution is 8.00.